The van der Waals surface area contributed by atoms with Gasteiger partial charge in [0, 0.05) is 24.0 Å². The van der Waals surface area contributed by atoms with E-state index in [1.807, 2.05) is 30.3 Å². The number of halogens is 4. The van der Waals surface area contributed by atoms with E-state index in [-0.39, 0.29) is 10.7 Å². The third kappa shape index (κ3) is 5.10. The summed E-state index contributed by atoms with van der Waals surface area (Å²) in [6, 6.07) is 15.0. The van der Waals surface area contributed by atoms with Crippen LogP contribution < -0.4 is 10.6 Å². The summed E-state index contributed by atoms with van der Waals surface area (Å²) in [6.45, 7) is 2.31. The van der Waals surface area contributed by atoms with Crippen LogP contribution >= 0.6 is 11.6 Å². The molecule has 0 aliphatic rings. The van der Waals surface area contributed by atoms with E-state index in [1.54, 1.807) is 13.0 Å². The maximum Gasteiger partial charge on any atom is 0.417 e. The summed E-state index contributed by atoms with van der Waals surface area (Å²) in [7, 11) is 0. The summed E-state index contributed by atoms with van der Waals surface area (Å²) < 4.78 is 39.0. The number of aromatic nitrogens is 2. The molecule has 1 aromatic heterocycles. The number of alkyl halides is 3. The maximum atomic E-state index is 13.0. The number of anilines is 3. The van der Waals surface area contributed by atoms with Crippen molar-refractivity contribution in [1.29, 1.82) is 0 Å². The van der Waals surface area contributed by atoms with Gasteiger partial charge < -0.3 is 10.6 Å². The molecule has 27 heavy (non-hydrogen) atoms. The van der Waals surface area contributed by atoms with Crippen LogP contribution in [0.5, 0.6) is 0 Å². The Hall–Kier alpha value is -2.80. The molecular weight excluding hydrogens is 377 g/mol. The van der Waals surface area contributed by atoms with Gasteiger partial charge in [0.1, 0.15) is 5.82 Å². The van der Waals surface area contributed by atoms with Crippen molar-refractivity contribution in [3.63, 3.8) is 0 Å². The molecule has 3 rings (SSSR count). The number of hydrogen-bond acceptors (Lipinski definition) is 4. The fourth-order valence-corrected chi connectivity index (χ4v) is 2.68. The molecule has 1 heterocycles. The summed E-state index contributed by atoms with van der Waals surface area (Å²) in [5, 5.41) is 5.63. The lowest BCUT2D eigenvalue weighted by Crippen LogP contribution is -2.08. The number of nitrogens with zero attached hydrogens (tertiary/aromatic N) is 2. The Morgan fingerprint density at radius 1 is 1.00 bits per heavy atom. The molecule has 0 atom stereocenters. The lowest BCUT2D eigenvalue weighted by atomic mass is 10.2. The van der Waals surface area contributed by atoms with Gasteiger partial charge in [-0.05, 0) is 30.7 Å². The van der Waals surface area contributed by atoms with Crippen LogP contribution in [0.3, 0.4) is 0 Å². The molecule has 0 saturated heterocycles. The van der Waals surface area contributed by atoms with Gasteiger partial charge in [-0.3, -0.25) is 0 Å². The SMILES string of the molecule is Cc1cc(Nc2ccc(Cl)c(C(F)(F)F)c2)nc(NCc2ccccc2)n1. The van der Waals surface area contributed by atoms with Crippen LogP contribution in [-0.2, 0) is 12.7 Å². The quantitative estimate of drug-likeness (QED) is 0.575. The average molecular weight is 393 g/mol. The van der Waals surface area contributed by atoms with Crippen LogP contribution in [-0.4, -0.2) is 9.97 Å². The van der Waals surface area contributed by atoms with Crippen LogP contribution in [0.4, 0.5) is 30.6 Å². The first-order valence-electron chi connectivity index (χ1n) is 8.08. The number of hydrogen-bond donors (Lipinski definition) is 2. The third-order valence-electron chi connectivity index (χ3n) is 3.69. The number of benzene rings is 2. The summed E-state index contributed by atoms with van der Waals surface area (Å²) in [5.74, 6) is 0.764. The molecule has 0 radical (unpaired) electrons. The van der Waals surface area contributed by atoms with Crippen molar-refractivity contribution in [3.05, 3.63) is 76.4 Å². The van der Waals surface area contributed by atoms with Crippen molar-refractivity contribution >= 4 is 29.1 Å². The summed E-state index contributed by atoms with van der Waals surface area (Å²) in [4.78, 5) is 8.61. The normalized spacial score (nSPS) is 11.3. The van der Waals surface area contributed by atoms with Crippen molar-refractivity contribution in [1.82, 2.24) is 9.97 Å². The topological polar surface area (TPSA) is 49.8 Å². The minimum Gasteiger partial charge on any atom is -0.350 e. The molecule has 3 aromatic rings. The first-order valence-corrected chi connectivity index (χ1v) is 8.46. The van der Waals surface area contributed by atoms with Gasteiger partial charge in [0.2, 0.25) is 5.95 Å². The van der Waals surface area contributed by atoms with Crippen molar-refractivity contribution in [2.45, 2.75) is 19.6 Å². The molecule has 2 N–H and O–H groups in total. The van der Waals surface area contributed by atoms with Gasteiger partial charge in [-0.25, -0.2) is 4.98 Å². The van der Waals surface area contributed by atoms with Crippen molar-refractivity contribution in [2.75, 3.05) is 10.6 Å². The van der Waals surface area contributed by atoms with Gasteiger partial charge in [-0.1, -0.05) is 41.9 Å². The molecule has 0 spiro atoms. The number of aryl methyl sites for hydroxylation is 1. The Labute approximate surface area is 159 Å². The largest absolute Gasteiger partial charge is 0.417 e. The zero-order valence-electron chi connectivity index (χ0n) is 14.3. The Morgan fingerprint density at radius 3 is 2.44 bits per heavy atom. The standard InChI is InChI=1S/C19H16ClF3N4/c1-12-9-17(26-14-7-8-16(20)15(10-14)19(21,22)23)27-18(25-12)24-11-13-5-3-2-4-6-13/h2-10H,11H2,1H3,(H2,24,25,26,27). The summed E-state index contributed by atoms with van der Waals surface area (Å²) >= 11 is 5.65. The molecule has 140 valence electrons. The second-order valence-electron chi connectivity index (χ2n) is 5.87. The minimum absolute atomic E-state index is 0.235. The molecule has 8 heteroatoms. The molecule has 0 fully saturated rings. The Kier molecular flexibility index (Phi) is 5.51. The molecule has 0 saturated carbocycles. The van der Waals surface area contributed by atoms with Gasteiger partial charge in [0.05, 0.1) is 10.6 Å². The first-order chi connectivity index (χ1) is 12.8. The van der Waals surface area contributed by atoms with Crippen LogP contribution in [0.2, 0.25) is 5.02 Å². The number of nitrogens with one attached hydrogen (secondary N) is 2. The van der Waals surface area contributed by atoms with Crippen LogP contribution in [0.25, 0.3) is 0 Å². The molecule has 0 bridgehead atoms. The van der Waals surface area contributed by atoms with Gasteiger partial charge in [0.25, 0.3) is 0 Å². The van der Waals surface area contributed by atoms with E-state index >= 15 is 0 Å². The van der Waals surface area contributed by atoms with Crippen molar-refractivity contribution in [2.24, 2.45) is 0 Å². The predicted octanol–water partition coefficient (Wildman–Crippen LogP) is 5.81. The first kappa shape index (κ1) is 19.0. The molecule has 0 aliphatic heterocycles. The summed E-state index contributed by atoms with van der Waals surface area (Å²) in [5.41, 5.74) is 1.07. The second-order valence-corrected chi connectivity index (χ2v) is 6.28. The van der Waals surface area contributed by atoms with E-state index in [2.05, 4.69) is 20.6 Å². The highest BCUT2D eigenvalue weighted by Gasteiger charge is 2.33. The fraction of sp³-hybridized carbons (Fsp3) is 0.158. The van der Waals surface area contributed by atoms with Crippen molar-refractivity contribution < 1.29 is 13.2 Å². The maximum absolute atomic E-state index is 13.0. The highest BCUT2D eigenvalue weighted by molar-refractivity contribution is 6.31. The Balaban J connectivity index is 1.78. The molecule has 0 aliphatic carbocycles. The smallest absolute Gasteiger partial charge is 0.350 e. The van der Waals surface area contributed by atoms with Crippen molar-refractivity contribution in [3.8, 4) is 0 Å². The highest BCUT2D eigenvalue weighted by Crippen LogP contribution is 2.36. The van der Waals surface area contributed by atoms with E-state index in [9.17, 15) is 13.2 Å². The Morgan fingerprint density at radius 2 is 1.74 bits per heavy atom. The van der Waals surface area contributed by atoms with E-state index in [0.29, 0.717) is 24.0 Å². The van der Waals surface area contributed by atoms with E-state index < -0.39 is 11.7 Å². The van der Waals surface area contributed by atoms with Gasteiger partial charge in [-0.15, -0.1) is 0 Å². The monoisotopic (exact) mass is 392 g/mol. The minimum atomic E-state index is -4.53. The molecule has 4 nitrogen and oxygen atoms in total. The van der Waals surface area contributed by atoms with Crippen LogP contribution in [0, 0.1) is 6.92 Å². The number of rotatable bonds is 5. The highest BCUT2D eigenvalue weighted by atomic mass is 35.5. The van der Waals surface area contributed by atoms with Gasteiger partial charge in [0.15, 0.2) is 0 Å². The molecule has 0 amide bonds. The third-order valence-corrected chi connectivity index (χ3v) is 4.02. The van der Waals surface area contributed by atoms with Crippen LogP contribution in [0.15, 0.2) is 54.6 Å². The predicted molar refractivity (Wildman–Crippen MR) is 100 cm³/mol. The van der Waals surface area contributed by atoms with E-state index in [4.69, 9.17) is 11.6 Å². The summed E-state index contributed by atoms with van der Waals surface area (Å²) in [6.07, 6.45) is -4.53. The van der Waals surface area contributed by atoms with Gasteiger partial charge in [-0.2, -0.15) is 18.2 Å². The van der Waals surface area contributed by atoms with Crippen LogP contribution in [0.1, 0.15) is 16.8 Å². The van der Waals surface area contributed by atoms with E-state index in [1.165, 1.54) is 12.1 Å². The van der Waals surface area contributed by atoms with Gasteiger partial charge >= 0.3 is 6.18 Å². The molecular formula is C19H16ClF3N4. The zero-order valence-corrected chi connectivity index (χ0v) is 15.1. The zero-order chi connectivity index (χ0) is 19.4. The van der Waals surface area contributed by atoms with E-state index in [0.717, 1.165) is 11.6 Å². The lowest BCUT2D eigenvalue weighted by Gasteiger charge is -2.13. The lowest BCUT2D eigenvalue weighted by molar-refractivity contribution is -0.137. The second kappa shape index (κ2) is 7.84. The molecule has 2 aromatic carbocycles. The Bertz CT molecular complexity index is 930. The average Bonchev–Trinajstić information content (AvgIpc) is 2.61. The molecule has 0 unspecified atom stereocenters. The fourth-order valence-electron chi connectivity index (χ4n) is 2.46.